The van der Waals surface area contributed by atoms with Crippen LogP contribution in [0, 0.1) is 0 Å². The standard InChI is InChI=1S/C11H20N2O2.ClH/c1-10(2,3)15-9(14)13-11-5-4-8(6-11)12-7-11;/h8,12H,4-7H2,1-3H3,(H,13,14);1H. The molecular formula is C11H21ClN2O2. The maximum absolute atomic E-state index is 11.6. The van der Waals surface area contributed by atoms with E-state index in [1.165, 1.54) is 0 Å². The molecule has 2 N–H and O–H groups in total. The van der Waals surface area contributed by atoms with Crippen molar-refractivity contribution in [2.75, 3.05) is 6.54 Å². The Morgan fingerprint density at radius 1 is 1.50 bits per heavy atom. The number of piperidine rings is 1. The molecule has 1 saturated heterocycles. The first-order chi connectivity index (χ1) is 6.89. The van der Waals surface area contributed by atoms with Gasteiger partial charge in [0, 0.05) is 12.6 Å². The van der Waals surface area contributed by atoms with E-state index in [1.807, 2.05) is 20.8 Å². The second kappa shape index (κ2) is 4.41. The zero-order valence-corrected chi connectivity index (χ0v) is 10.9. The molecule has 1 heterocycles. The minimum Gasteiger partial charge on any atom is -0.444 e. The maximum atomic E-state index is 11.6. The third-order valence-corrected chi connectivity index (χ3v) is 3.10. The Bertz CT molecular complexity index is 268. The summed E-state index contributed by atoms with van der Waals surface area (Å²) in [5.41, 5.74) is -0.447. The normalized spacial score (nSPS) is 32.1. The van der Waals surface area contributed by atoms with Crippen LogP contribution in [0.3, 0.4) is 0 Å². The van der Waals surface area contributed by atoms with Crippen molar-refractivity contribution >= 4 is 18.5 Å². The van der Waals surface area contributed by atoms with Crippen LogP contribution in [0.5, 0.6) is 0 Å². The van der Waals surface area contributed by atoms with Gasteiger partial charge in [-0.1, -0.05) is 0 Å². The average Bonchev–Trinajstić information content (AvgIpc) is 2.58. The van der Waals surface area contributed by atoms with Crippen LogP contribution in [0.15, 0.2) is 0 Å². The molecule has 5 heteroatoms. The summed E-state index contributed by atoms with van der Waals surface area (Å²) in [7, 11) is 0. The number of carbonyl (C=O) groups is 1. The van der Waals surface area contributed by atoms with Crippen molar-refractivity contribution in [2.24, 2.45) is 0 Å². The number of amides is 1. The zero-order chi connectivity index (χ0) is 11.1. The molecule has 2 rings (SSSR count). The number of alkyl carbamates (subject to hydrolysis) is 1. The lowest BCUT2D eigenvalue weighted by Crippen LogP contribution is -2.51. The maximum Gasteiger partial charge on any atom is 0.408 e. The number of halogens is 1. The Labute approximate surface area is 103 Å². The Balaban J connectivity index is 0.00000128. The molecule has 94 valence electrons. The number of fused-ring (bicyclic) bond motifs is 2. The summed E-state index contributed by atoms with van der Waals surface area (Å²) in [6, 6.07) is 0.597. The second-order valence-electron chi connectivity index (χ2n) is 5.73. The molecule has 1 saturated carbocycles. The Morgan fingerprint density at radius 2 is 2.19 bits per heavy atom. The number of hydrogen-bond acceptors (Lipinski definition) is 3. The molecule has 2 bridgehead atoms. The van der Waals surface area contributed by atoms with Crippen molar-refractivity contribution in [1.82, 2.24) is 10.6 Å². The Kier molecular flexibility index (Phi) is 3.75. The van der Waals surface area contributed by atoms with Gasteiger partial charge in [0.25, 0.3) is 0 Å². The smallest absolute Gasteiger partial charge is 0.408 e. The quantitative estimate of drug-likeness (QED) is 0.744. The number of hydrogen-bond donors (Lipinski definition) is 2. The summed E-state index contributed by atoms with van der Waals surface area (Å²) in [6.07, 6.45) is 3.00. The molecule has 0 aromatic heterocycles. The van der Waals surface area contributed by atoms with Gasteiger partial charge >= 0.3 is 6.09 Å². The highest BCUT2D eigenvalue weighted by Crippen LogP contribution is 2.35. The number of ether oxygens (including phenoxy) is 1. The summed E-state index contributed by atoms with van der Waals surface area (Å²) < 4.78 is 5.27. The minimum absolute atomic E-state index is 0. The topological polar surface area (TPSA) is 50.4 Å². The van der Waals surface area contributed by atoms with Crippen molar-refractivity contribution in [3.05, 3.63) is 0 Å². The molecule has 2 aliphatic rings. The molecule has 2 atom stereocenters. The summed E-state index contributed by atoms with van der Waals surface area (Å²) in [6.45, 7) is 6.54. The molecule has 1 aliphatic heterocycles. The fourth-order valence-electron chi connectivity index (χ4n) is 2.48. The summed E-state index contributed by atoms with van der Waals surface area (Å²) in [4.78, 5) is 11.6. The first-order valence-corrected chi connectivity index (χ1v) is 5.63. The lowest BCUT2D eigenvalue weighted by molar-refractivity contribution is 0.0464. The molecule has 0 aromatic rings. The van der Waals surface area contributed by atoms with E-state index in [1.54, 1.807) is 0 Å². The molecule has 0 aromatic carbocycles. The first kappa shape index (κ1) is 13.6. The lowest BCUT2D eigenvalue weighted by atomic mass is 10.00. The van der Waals surface area contributed by atoms with Crippen LogP contribution in [0.1, 0.15) is 40.0 Å². The van der Waals surface area contributed by atoms with Gasteiger partial charge in [0.15, 0.2) is 0 Å². The predicted molar refractivity (Wildman–Crippen MR) is 65.0 cm³/mol. The highest BCUT2D eigenvalue weighted by molar-refractivity contribution is 5.85. The van der Waals surface area contributed by atoms with Crippen LogP contribution in [0.4, 0.5) is 4.79 Å². The summed E-state index contributed by atoms with van der Waals surface area (Å²) in [5.74, 6) is 0. The molecule has 0 spiro atoms. The van der Waals surface area contributed by atoms with Gasteiger partial charge in [0.1, 0.15) is 5.60 Å². The highest BCUT2D eigenvalue weighted by atomic mass is 35.5. The Morgan fingerprint density at radius 3 is 2.56 bits per heavy atom. The van der Waals surface area contributed by atoms with Crippen LogP contribution in [-0.2, 0) is 4.74 Å². The lowest BCUT2D eigenvalue weighted by Gasteiger charge is -2.29. The van der Waals surface area contributed by atoms with Crippen molar-refractivity contribution in [2.45, 2.75) is 57.2 Å². The Hall–Kier alpha value is -0.480. The van der Waals surface area contributed by atoms with Gasteiger partial charge in [-0.15, -0.1) is 12.4 Å². The highest BCUT2D eigenvalue weighted by Gasteiger charge is 2.46. The average molecular weight is 249 g/mol. The van der Waals surface area contributed by atoms with Crippen molar-refractivity contribution in [3.8, 4) is 0 Å². The number of rotatable bonds is 1. The van der Waals surface area contributed by atoms with Gasteiger partial charge in [-0.05, 0) is 40.0 Å². The number of nitrogens with one attached hydrogen (secondary N) is 2. The molecule has 4 nitrogen and oxygen atoms in total. The predicted octanol–water partition coefficient (Wildman–Crippen LogP) is 1.83. The van der Waals surface area contributed by atoms with Gasteiger partial charge in [-0.2, -0.15) is 0 Å². The fourth-order valence-corrected chi connectivity index (χ4v) is 2.48. The number of carbonyl (C=O) groups excluding carboxylic acids is 1. The van der Waals surface area contributed by atoms with E-state index in [4.69, 9.17) is 4.74 Å². The van der Waals surface area contributed by atoms with Gasteiger partial charge < -0.3 is 15.4 Å². The summed E-state index contributed by atoms with van der Waals surface area (Å²) >= 11 is 0. The van der Waals surface area contributed by atoms with Crippen LogP contribution >= 0.6 is 12.4 Å². The van der Waals surface area contributed by atoms with Crippen molar-refractivity contribution in [1.29, 1.82) is 0 Å². The second-order valence-corrected chi connectivity index (χ2v) is 5.73. The van der Waals surface area contributed by atoms with E-state index in [-0.39, 0.29) is 24.0 Å². The minimum atomic E-state index is -0.412. The molecule has 2 fully saturated rings. The molecule has 2 unspecified atom stereocenters. The van der Waals surface area contributed by atoms with Gasteiger partial charge in [0.05, 0.1) is 5.54 Å². The van der Waals surface area contributed by atoms with E-state index in [2.05, 4.69) is 10.6 Å². The molecule has 16 heavy (non-hydrogen) atoms. The molecule has 1 aliphatic carbocycles. The van der Waals surface area contributed by atoms with Crippen molar-refractivity contribution < 1.29 is 9.53 Å². The first-order valence-electron chi connectivity index (χ1n) is 5.63. The molecule has 0 radical (unpaired) electrons. The fraction of sp³-hybridized carbons (Fsp3) is 0.909. The van der Waals surface area contributed by atoms with E-state index in [0.29, 0.717) is 6.04 Å². The third-order valence-electron chi connectivity index (χ3n) is 3.10. The molecule has 1 amide bonds. The van der Waals surface area contributed by atoms with Crippen LogP contribution in [-0.4, -0.2) is 29.8 Å². The van der Waals surface area contributed by atoms with Gasteiger partial charge in [0.2, 0.25) is 0 Å². The van der Waals surface area contributed by atoms with E-state index < -0.39 is 5.60 Å². The van der Waals surface area contributed by atoms with E-state index >= 15 is 0 Å². The van der Waals surface area contributed by atoms with Crippen LogP contribution in [0.2, 0.25) is 0 Å². The van der Waals surface area contributed by atoms with E-state index in [9.17, 15) is 4.79 Å². The van der Waals surface area contributed by atoms with Crippen LogP contribution in [0.25, 0.3) is 0 Å². The third kappa shape index (κ3) is 3.01. The monoisotopic (exact) mass is 248 g/mol. The SMILES string of the molecule is CC(C)(C)OC(=O)NC12CCC(C1)NC2.Cl. The van der Waals surface area contributed by atoms with Crippen LogP contribution < -0.4 is 10.6 Å². The van der Waals surface area contributed by atoms with Gasteiger partial charge in [-0.3, -0.25) is 0 Å². The van der Waals surface area contributed by atoms with Crippen molar-refractivity contribution in [3.63, 3.8) is 0 Å². The summed E-state index contributed by atoms with van der Waals surface area (Å²) in [5, 5.41) is 6.41. The zero-order valence-electron chi connectivity index (χ0n) is 10.1. The largest absolute Gasteiger partial charge is 0.444 e. The van der Waals surface area contributed by atoms with E-state index in [0.717, 1.165) is 25.8 Å². The van der Waals surface area contributed by atoms with Gasteiger partial charge in [-0.25, -0.2) is 4.79 Å². The molecular weight excluding hydrogens is 228 g/mol.